The fourth-order valence-corrected chi connectivity index (χ4v) is 1.92. The van der Waals surface area contributed by atoms with Crippen molar-refractivity contribution < 1.29 is 14.4 Å². The van der Waals surface area contributed by atoms with Crippen LogP contribution >= 0.6 is 0 Å². The van der Waals surface area contributed by atoms with Gasteiger partial charge in [0.2, 0.25) is 5.75 Å². The van der Waals surface area contributed by atoms with Crippen LogP contribution in [0.25, 0.3) is 0 Å². The third kappa shape index (κ3) is 3.29. The quantitative estimate of drug-likeness (QED) is 0.672. The van der Waals surface area contributed by atoms with Gasteiger partial charge in [-0.15, -0.1) is 0 Å². The molecule has 0 aliphatic carbocycles. The zero-order chi connectivity index (χ0) is 15.4. The zero-order valence-electron chi connectivity index (χ0n) is 11.8. The molecule has 0 spiro atoms. The van der Waals surface area contributed by atoms with E-state index in [4.69, 9.17) is 15.2 Å². The highest BCUT2D eigenvalue weighted by molar-refractivity contribution is 5.53. The lowest BCUT2D eigenvalue weighted by Gasteiger charge is -2.14. The Bertz CT molecular complexity index is 656. The summed E-state index contributed by atoms with van der Waals surface area (Å²) in [4.78, 5) is 10.6. The van der Waals surface area contributed by atoms with E-state index in [-0.39, 0.29) is 17.5 Å². The van der Waals surface area contributed by atoms with Crippen LogP contribution in [0.2, 0.25) is 0 Å². The Morgan fingerprint density at radius 2 is 1.90 bits per heavy atom. The van der Waals surface area contributed by atoms with Crippen molar-refractivity contribution in [1.29, 1.82) is 0 Å². The van der Waals surface area contributed by atoms with Crippen LogP contribution in [0.3, 0.4) is 0 Å². The third-order valence-corrected chi connectivity index (χ3v) is 2.99. The van der Waals surface area contributed by atoms with Crippen molar-refractivity contribution in [3.63, 3.8) is 0 Å². The van der Waals surface area contributed by atoms with Gasteiger partial charge in [-0.2, -0.15) is 0 Å². The van der Waals surface area contributed by atoms with Gasteiger partial charge in [0, 0.05) is 23.7 Å². The minimum Gasteiger partial charge on any atom is -0.497 e. The highest BCUT2D eigenvalue weighted by atomic mass is 16.6. The van der Waals surface area contributed by atoms with Gasteiger partial charge in [0.05, 0.1) is 12.0 Å². The van der Waals surface area contributed by atoms with Crippen LogP contribution in [0.1, 0.15) is 18.5 Å². The monoisotopic (exact) mass is 288 g/mol. The summed E-state index contributed by atoms with van der Waals surface area (Å²) < 4.78 is 10.8. The number of para-hydroxylation sites is 1. The Morgan fingerprint density at radius 1 is 1.19 bits per heavy atom. The number of rotatable bonds is 5. The summed E-state index contributed by atoms with van der Waals surface area (Å²) in [5, 5.41) is 11.1. The van der Waals surface area contributed by atoms with Gasteiger partial charge < -0.3 is 15.2 Å². The molecule has 0 unspecified atom stereocenters. The van der Waals surface area contributed by atoms with Crippen molar-refractivity contribution in [3.05, 3.63) is 58.1 Å². The fraction of sp³-hybridized carbons (Fsp3) is 0.200. The molecule has 0 aromatic heterocycles. The van der Waals surface area contributed by atoms with E-state index in [1.54, 1.807) is 12.1 Å². The number of ether oxygens (including phenoxy) is 2. The van der Waals surface area contributed by atoms with Gasteiger partial charge >= 0.3 is 5.69 Å². The van der Waals surface area contributed by atoms with E-state index in [9.17, 15) is 10.1 Å². The first-order chi connectivity index (χ1) is 10.0. The Hall–Kier alpha value is -2.60. The molecule has 1 atom stereocenters. The molecule has 0 aliphatic heterocycles. The molecule has 0 radical (unpaired) electrons. The van der Waals surface area contributed by atoms with E-state index in [0.29, 0.717) is 11.5 Å². The van der Waals surface area contributed by atoms with E-state index in [1.807, 2.05) is 19.1 Å². The molecule has 0 amide bonds. The molecule has 2 rings (SSSR count). The molecule has 6 heteroatoms. The maximum absolute atomic E-state index is 11.1. The van der Waals surface area contributed by atoms with Crippen molar-refractivity contribution in [1.82, 2.24) is 0 Å². The van der Waals surface area contributed by atoms with Crippen molar-refractivity contribution in [2.45, 2.75) is 13.0 Å². The number of hydrogen-bond donors (Lipinski definition) is 1. The lowest BCUT2D eigenvalue weighted by molar-refractivity contribution is -0.385. The van der Waals surface area contributed by atoms with Crippen LogP contribution in [0.5, 0.6) is 17.2 Å². The maximum Gasteiger partial charge on any atom is 0.311 e. The largest absolute Gasteiger partial charge is 0.497 e. The number of nitrogens with zero attached hydrogens (tertiary/aromatic N) is 1. The number of hydrogen-bond acceptors (Lipinski definition) is 5. The highest BCUT2D eigenvalue weighted by Crippen LogP contribution is 2.36. The third-order valence-electron chi connectivity index (χ3n) is 2.99. The van der Waals surface area contributed by atoms with Gasteiger partial charge in [-0.3, -0.25) is 10.1 Å². The number of methoxy groups -OCH3 is 1. The minimum atomic E-state index is -0.497. The molecule has 21 heavy (non-hydrogen) atoms. The molecule has 2 aromatic carbocycles. The summed E-state index contributed by atoms with van der Waals surface area (Å²) in [5.41, 5.74) is 6.53. The zero-order valence-corrected chi connectivity index (χ0v) is 11.8. The van der Waals surface area contributed by atoms with Crippen molar-refractivity contribution in [2.75, 3.05) is 7.11 Å². The van der Waals surface area contributed by atoms with Gasteiger partial charge in [0.1, 0.15) is 11.5 Å². The topological polar surface area (TPSA) is 87.6 Å². The second kappa shape index (κ2) is 6.23. The molecule has 110 valence electrons. The highest BCUT2D eigenvalue weighted by Gasteiger charge is 2.18. The van der Waals surface area contributed by atoms with Crippen LogP contribution in [-0.2, 0) is 0 Å². The first kappa shape index (κ1) is 14.8. The van der Waals surface area contributed by atoms with Crippen LogP contribution in [0.15, 0.2) is 42.5 Å². The SMILES string of the molecule is COc1ccc([N+](=O)[O-])c(Oc2ccccc2[C@H](C)N)c1. The second-order valence-electron chi connectivity index (χ2n) is 4.52. The number of nitro groups is 1. The Labute approximate surface area is 122 Å². The predicted molar refractivity (Wildman–Crippen MR) is 78.8 cm³/mol. The minimum absolute atomic E-state index is 0.118. The van der Waals surface area contributed by atoms with Crippen molar-refractivity contribution in [2.24, 2.45) is 5.73 Å². The number of nitrogens with two attached hydrogens (primary N) is 1. The molecule has 0 fully saturated rings. The van der Waals surface area contributed by atoms with E-state index in [2.05, 4.69) is 0 Å². The molecule has 0 bridgehead atoms. The average molecular weight is 288 g/mol. The summed E-state index contributed by atoms with van der Waals surface area (Å²) in [6, 6.07) is 11.3. The molecule has 2 N–H and O–H groups in total. The Balaban J connectivity index is 2.45. The predicted octanol–water partition coefficient (Wildman–Crippen LogP) is 3.42. The van der Waals surface area contributed by atoms with Crippen LogP contribution < -0.4 is 15.2 Å². The average Bonchev–Trinajstić information content (AvgIpc) is 2.47. The first-order valence-corrected chi connectivity index (χ1v) is 6.37. The van der Waals surface area contributed by atoms with Gasteiger partial charge in [-0.05, 0) is 19.1 Å². The van der Waals surface area contributed by atoms with E-state index in [0.717, 1.165) is 5.56 Å². The molecular weight excluding hydrogens is 272 g/mol. The molecule has 0 aliphatic rings. The first-order valence-electron chi connectivity index (χ1n) is 6.37. The lowest BCUT2D eigenvalue weighted by atomic mass is 10.1. The summed E-state index contributed by atoms with van der Waals surface area (Å²) in [7, 11) is 1.49. The molecule has 6 nitrogen and oxygen atoms in total. The second-order valence-corrected chi connectivity index (χ2v) is 4.52. The maximum atomic E-state index is 11.1. The van der Waals surface area contributed by atoms with Gasteiger partial charge in [-0.1, -0.05) is 18.2 Å². The van der Waals surface area contributed by atoms with Gasteiger partial charge in [-0.25, -0.2) is 0 Å². The Kier molecular flexibility index (Phi) is 4.39. The smallest absolute Gasteiger partial charge is 0.311 e. The summed E-state index contributed by atoms with van der Waals surface area (Å²) in [6.45, 7) is 1.82. The van der Waals surface area contributed by atoms with Crippen LogP contribution in [0.4, 0.5) is 5.69 Å². The molecule has 0 saturated heterocycles. The van der Waals surface area contributed by atoms with Crippen molar-refractivity contribution in [3.8, 4) is 17.2 Å². The molecular formula is C15H16N2O4. The van der Waals surface area contributed by atoms with Crippen molar-refractivity contribution >= 4 is 5.69 Å². The van der Waals surface area contributed by atoms with Crippen LogP contribution in [-0.4, -0.2) is 12.0 Å². The summed E-state index contributed by atoms with van der Waals surface area (Å²) in [5.74, 6) is 1.09. The molecule has 2 aromatic rings. The van der Waals surface area contributed by atoms with Crippen LogP contribution in [0, 0.1) is 10.1 Å². The molecule has 0 saturated carbocycles. The summed E-state index contributed by atoms with van der Waals surface area (Å²) in [6.07, 6.45) is 0. The standard InChI is InChI=1S/C15H16N2O4/c1-10(16)12-5-3-4-6-14(12)21-15-9-11(20-2)7-8-13(15)17(18)19/h3-10H,16H2,1-2H3/t10-/m0/s1. The fourth-order valence-electron chi connectivity index (χ4n) is 1.92. The van der Waals surface area contributed by atoms with E-state index < -0.39 is 4.92 Å². The van der Waals surface area contributed by atoms with E-state index >= 15 is 0 Å². The lowest BCUT2D eigenvalue weighted by Crippen LogP contribution is -2.06. The Morgan fingerprint density at radius 3 is 2.52 bits per heavy atom. The molecule has 0 heterocycles. The number of benzene rings is 2. The van der Waals surface area contributed by atoms with E-state index in [1.165, 1.54) is 25.3 Å². The normalized spacial score (nSPS) is 11.8. The van der Waals surface area contributed by atoms with Gasteiger partial charge in [0.25, 0.3) is 0 Å². The van der Waals surface area contributed by atoms with Gasteiger partial charge in [0.15, 0.2) is 0 Å². The number of nitro benzene ring substituents is 1. The summed E-state index contributed by atoms with van der Waals surface area (Å²) >= 11 is 0.